The standard InChI is InChI=1S/C17H10Cl3FN2O2/c1-22-14(9-2-4-10(21)5-3-9)8-15(24)23(17(22)25)11-6-12(18)16(20)13(19)7-11/h2-8H,1H3. The highest BCUT2D eigenvalue weighted by Crippen LogP contribution is 2.32. The van der Waals surface area contributed by atoms with Crippen molar-refractivity contribution >= 4 is 34.8 Å². The average molecular weight is 400 g/mol. The fraction of sp³-hybridized carbons (Fsp3) is 0.0588. The second-order valence-corrected chi connectivity index (χ2v) is 6.47. The number of rotatable bonds is 2. The molecule has 0 amide bonds. The van der Waals surface area contributed by atoms with E-state index in [0.717, 1.165) is 4.57 Å². The molecule has 128 valence electrons. The summed E-state index contributed by atoms with van der Waals surface area (Å²) in [7, 11) is 1.51. The molecule has 0 unspecified atom stereocenters. The summed E-state index contributed by atoms with van der Waals surface area (Å²) in [6.45, 7) is 0. The van der Waals surface area contributed by atoms with Crippen molar-refractivity contribution < 1.29 is 4.39 Å². The summed E-state index contributed by atoms with van der Waals surface area (Å²) in [5.74, 6) is -0.410. The molecule has 25 heavy (non-hydrogen) atoms. The van der Waals surface area contributed by atoms with Crippen LogP contribution in [0, 0.1) is 5.82 Å². The number of halogens is 4. The molecule has 0 aliphatic carbocycles. The third kappa shape index (κ3) is 3.23. The van der Waals surface area contributed by atoms with Gasteiger partial charge in [0.05, 0.1) is 26.4 Å². The van der Waals surface area contributed by atoms with Crippen LogP contribution in [0.2, 0.25) is 15.1 Å². The fourth-order valence-corrected chi connectivity index (χ4v) is 3.02. The van der Waals surface area contributed by atoms with Gasteiger partial charge in [0.25, 0.3) is 5.56 Å². The minimum absolute atomic E-state index is 0.126. The summed E-state index contributed by atoms with van der Waals surface area (Å²) in [6, 6.07) is 9.54. The Morgan fingerprint density at radius 1 is 0.920 bits per heavy atom. The van der Waals surface area contributed by atoms with E-state index in [9.17, 15) is 14.0 Å². The van der Waals surface area contributed by atoms with Crippen molar-refractivity contribution in [1.82, 2.24) is 9.13 Å². The Morgan fingerprint density at radius 3 is 2.04 bits per heavy atom. The van der Waals surface area contributed by atoms with E-state index in [1.807, 2.05) is 0 Å². The van der Waals surface area contributed by atoms with Gasteiger partial charge in [0.1, 0.15) is 5.82 Å². The van der Waals surface area contributed by atoms with Crippen LogP contribution in [0.3, 0.4) is 0 Å². The van der Waals surface area contributed by atoms with Crippen molar-refractivity contribution in [1.29, 1.82) is 0 Å². The molecule has 3 rings (SSSR count). The minimum atomic E-state index is -0.596. The molecule has 8 heteroatoms. The SMILES string of the molecule is Cn1c(-c2ccc(F)cc2)cc(=O)n(-c2cc(Cl)c(Cl)c(Cl)c2)c1=O. The summed E-state index contributed by atoms with van der Waals surface area (Å²) in [4.78, 5) is 25.2. The second-order valence-electron chi connectivity index (χ2n) is 5.28. The molecule has 0 saturated heterocycles. The molecule has 1 aromatic heterocycles. The zero-order valence-electron chi connectivity index (χ0n) is 12.8. The van der Waals surface area contributed by atoms with E-state index in [1.165, 1.54) is 54.1 Å². The highest BCUT2D eigenvalue weighted by atomic mass is 35.5. The van der Waals surface area contributed by atoms with E-state index >= 15 is 0 Å². The Labute approximate surface area is 156 Å². The Morgan fingerprint density at radius 2 is 1.48 bits per heavy atom. The van der Waals surface area contributed by atoms with Crippen LogP contribution >= 0.6 is 34.8 Å². The average Bonchev–Trinajstić information content (AvgIpc) is 2.57. The van der Waals surface area contributed by atoms with E-state index in [-0.39, 0.29) is 20.8 Å². The van der Waals surface area contributed by atoms with Crippen molar-refractivity contribution in [2.75, 3.05) is 0 Å². The summed E-state index contributed by atoms with van der Waals surface area (Å²) in [6.07, 6.45) is 0. The van der Waals surface area contributed by atoms with Crippen LogP contribution < -0.4 is 11.2 Å². The first kappa shape index (κ1) is 17.7. The van der Waals surface area contributed by atoms with Gasteiger partial charge in [0.15, 0.2) is 0 Å². The van der Waals surface area contributed by atoms with Crippen molar-refractivity contribution in [2.45, 2.75) is 0 Å². The van der Waals surface area contributed by atoms with Crippen molar-refractivity contribution in [3.05, 3.63) is 84.2 Å². The van der Waals surface area contributed by atoms with Gasteiger partial charge in [-0.3, -0.25) is 9.36 Å². The topological polar surface area (TPSA) is 44.0 Å². The van der Waals surface area contributed by atoms with E-state index in [2.05, 4.69) is 0 Å². The number of hydrogen-bond donors (Lipinski definition) is 0. The molecule has 0 atom stereocenters. The van der Waals surface area contributed by atoms with Crippen molar-refractivity contribution in [3.8, 4) is 16.9 Å². The van der Waals surface area contributed by atoms with Gasteiger partial charge in [0.2, 0.25) is 0 Å². The van der Waals surface area contributed by atoms with Crippen LogP contribution in [-0.2, 0) is 7.05 Å². The molecule has 3 aromatic rings. The first-order valence-corrected chi connectivity index (χ1v) is 8.17. The largest absolute Gasteiger partial charge is 0.335 e. The molecule has 4 nitrogen and oxygen atoms in total. The zero-order chi connectivity index (χ0) is 18.3. The van der Waals surface area contributed by atoms with E-state index in [1.54, 1.807) is 0 Å². The molecule has 1 heterocycles. The molecule has 0 spiro atoms. The molecule has 0 aliphatic heterocycles. The first-order valence-electron chi connectivity index (χ1n) is 7.03. The predicted octanol–water partition coefficient (Wildman–Crippen LogP) is 4.30. The summed E-state index contributed by atoms with van der Waals surface area (Å²) >= 11 is 17.9. The van der Waals surface area contributed by atoms with Crippen molar-refractivity contribution in [3.63, 3.8) is 0 Å². The first-order chi connectivity index (χ1) is 11.8. The Balaban J connectivity index is 2.25. The minimum Gasteiger partial charge on any atom is -0.296 e. The summed E-state index contributed by atoms with van der Waals surface area (Å²) < 4.78 is 15.3. The Hall–Kier alpha value is -2.08. The molecular formula is C17H10Cl3FN2O2. The lowest BCUT2D eigenvalue weighted by Crippen LogP contribution is -2.38. The van der Waals surface area contributed by atoms with Gasteiger partial charge in [-0.2, -0.15) is 0 Å². The number of hydrogen-bond acceptors (Lipinski definition) is 2. The molecule has 0 bridgehead atoms. The molecule has 0 aliphatic rings. The molecule has 0 fully saturated rings. The van der Waals surface area contributed by atoms with E-state index < -0.39 is 17.1 Å². The van der Waals surface area contributed by atoms with Crippen LogP contribution in [0.5, 0.6) is 0 Å². The molecule has 2 aromatic carbocycles. The lowest BCUT2D eigenvalue weighted by atomic mass is 10.1. The maximum absolute atomic E-state index is 13.1. The molecular weight excluding hydrogens is 390 g/mol. The maximum atomic E-state index is 13.1. The van der Waals surface area contributed by atoms with Crippen LogP contribution in [0.1, 0.15) is 0 Å². The van der Waals surface area contributed by atoms with Gasteiger partial charge in [-0.15, -0.1) is 0 Å². The van der Waals surface area contributed by atoms with Crippen LogP contribution in [0.4, 0.5) is 4.39 Å². The second kappa shape index (κ2) is 6.67. The third-order valence-electron chi connectivity index (χ3n) is 3.69. The fourth-order valence-electron chi connectivity index (χ4n) is 2.43. The number of aromatic nitrogens is 2. The monoisotopic (exact) mass is 398 g/mol. The third-order valence-corrected chi connectivity index (χ3v) is 4.88. The smallest absolute Gasteiger partial charge is 0.296 e. The van der Waals surface area contributed by atoms with Crippen LogP contribution in [-0.4, -0.2) is 9.13 Å². The predicted molar refractivity (Wildman–Crippen MR) is 97.7 cm³/mol. The van der Waals surface area contributed by atoms with Gasteiger partial charge in [-0.1, -0.05) is 34.8 Å². The lowest BCUT2D eigenvalue weighted by molar-refractivity contribution is 0.628. The van der Waals surface area contributed by atoms with Gasteiger partial charge in [-0.05, 0) is 42.0 Å². The van der Waals surface area contributed by atoms with E-state index in [4.69, 9.17) is 34.8 Å². The zero-order valence-corrected chi connectivity index (χ0v) is 15.0. The van der Waals surface area contributed by atoms with Gasteiger partial charge >= 0.3 is 5.69 Å². The normalized spacial score (nSPS) is 10.9. The van der Waals surface area contributed by atoms with Crippen molar-refractivity contribution in [2.24, 2.45) is 7.05 Å². The summed E-state index contributed by atoms with van der Waals surface area (Å²) in [5.41, 5.74) is -0.0661. The molecule has 0 radical (unpaired) electrons. The molecule has 0 N–H and O–H groups in total. The highest BCUT2D eigenvalue weighted by molar-refractivity contribution is 6.48. The number of nitrogens with zero attached hydrogens (tertiary/aromatic N) is 2. The molecule has 0 saturated carbocycles. The van der Waals surface area contributed by atoms with Gasteiger partial charge < -0.3 is 0 Å². The lowest BCUT2D eigenvalue weighted by Gasteiger charge is -2.13. The van der Waals surface area contributed by atoms with E-state index in [0.29, 0.717) is 11.3 Å². The van der Waals surface area contributed by atoms with Crippen LogP contribution in [0.25, 0.3) is 16.9 Å². The highest BCUT2D eigenvalue weighted by Gasteiger charge is 2.14. The Bertz CT molecular complexity index is 1070. The van der Waals surface area contributed by atoms with Gasteiger partial charge in [0, 0.05) is 13.1 Å². The maximum Gasteiger partial charge on any atom is 0.335 e. The van der Waals surface area contributed by atoms with Crippen LogP contribution in [0.15, 0.2) is 52.1 Å². The Kier molecular flexibility index (Phi) is 4.73. The quantitative estimate of drug-likeness (QED) is 0.603. The summed E-state index contributed by atoms with van der Waals surface area (Å²) in [5, 5.41) is 0.390. The van der Waals surface area contributed by atoms with Gasteiger partial charge in [-0.25, -0.2) is 13.8 Å². The number of benzene rings is 2.